The molecule has 0 radical (unpaired) electrons. The van der Waals surface area contributed by atoms with Crippen molar-refractivity contribution in [3.63, 3.8) is 0 Å². The van der Waals surface area contributed by atoms with E-state index in [1.165, 1.54) is 5.57 Å². The van der Waals surface area contributed by atoms with E-state index in [0.717, 1.165) is 12.7 Å². The zero-order valence-corrected chi connectivity index (χ0v) is 6.32. The molecule has 0 aromatic carbocycles. The lowest BCUT2D eigenvalue weighted by atomic mass is 10.2. The Morgan fingerprint density at radius 2 is 2.33 bits per heavy atom. The highest BCUT2D eigenvalue weighted by Gasteiger charge is 1.86. The van der Waals surface area contributed by atoms with Crippen LogP contribution in [0.15, 0.2) is 11.6 Å². The minimum absolute atomic E-state index is 0.546. The summed E-state index contributed by atoms with van der Waals surface area (Å²) in [6.07, 6.45) is 4.30. The molecule has 0 aliphatic rings. The van der Waals surface area contributed by atoms with E-state index in [0.29, 0.717) is 12.3 Å². The van der Waals surface area contributed by atoms with Gasteiger partial charge in [0.05, 0.1) is 0 Å². The van der Waals surface area contributed by atoms with Gasteiger partial charge in [-0.3, -0.25) is 0 Å². The summed E-state index contributed by atoms with van der Waals surface area (Å²) in [5.74, 6) is 0.546. The van der Waals surface area contributed by atoms with Gasteiger partial charge in [-0.1, -0.05) is 11.6 Å². The van der Waals surface area contributed by atoms with Crippen LogP contribution in [0.4, 0.5) is 0 Å². The van der Waals surface area contributed by atoms with Gasteiger partial charge in [0.2, 0.25) is 0 Å². The molecule has 0 saturated heterocycles. The van der Waals surface area contributed by atoms with Crippen LogP contribution in [0.3, 0.4) is 0 Å². The maximum atomic E-state index is 9.85. The average molecular weight is 147 g/mol. The van der Waals surface area contributed by atoms with Crippen LogP contribution in [0.1, 0.15) is 19.8 Å². The molecule has 9 heavy (non-hydrogen) atoms. The molecule has 52 valence electrons. The summed E-state index contributed by atoms with van der Waals surface area (Å²) in [6, 6.07) is 0. The van der Waals surface area contributed by atoms with Gasteiger partial charge in [0.1, 0.15) is 6.29 Å². The number of carbonyl (C=O) groups is 1. The first kappa shape index (κ1) is 8.70. The van der Waals surface area contributed by atoms with Gasteiger partial charge in [0, 0.05) is 12.3 Å². The van der Waals surface area contributed by atoms with Gasteiger partial charge < -0.3 is 4.79 Å². The van der Waals surface area contributed by atoms with Gasteiger partial charge in [0.15, 0.2) is 0 Å². The summed E-state index contributed by atoms with van der Waals surface area (Å²) in [5.41, 5.74) is 1.19. The largest absolute Gasteiger partial charge is 0.303 e. The van der Waals surface area contributed by atoms with Crippen LogP contribution in [0, 0.1) is 0 Å². The summed E-state index contributed by atoms with van der Waals surface area (Å²) in [6.45, 7) is 1.98. The standard InChI is InChI=1S/C7H11ClO/c1-7(4-5-8)3-2-6-9/h4,6H,2-3,5H2,1H3/b7-4+. The van der Waals surface area contributed by atoms with Gasteiger partial charge in [-0.25, -0.2) is 0 Å². The fourth-order valence-electron chi connectivity index (χ4n) is 0.520. The smallest absolute Gasteiger partial charge is 0.120 e. The Labute approximate surface area is 60.7 Å². The topological polar surface area (TPSA) is 17.1 Å². The SMILES string of the molecule is C/C(=C\CCl)CCC=O. The lowest BCUT2D eigenvalue weighted by Crippen LogP contribution is -1.79. The van der Waals surface area contributed by atoms with Gasteiger partial charge in [-0.2, -0.15) is 0 Å². The number of hydrogen-bond acceptors (Lipinski definition) is 1. The Balaban J connectivity index is 3.36. The maximum absolute atomic E-state index is 9.85. The van der Waals surface area contributed by atoms with Crippen molar-refractivity contribution in [1.29, 1.82) is 0 Å². The first-order valence-electron chi connectivity index (χ1n) is 2.96. The molecule has 0 aromatic rings. The summed E-state index contributed by atoms with van der Waals surface area (Å²) in [7, 11) is 0. The molecular weight excluding hydrogens is 136 g/mol. The van der Waals surface area contributed by atoms with Crippen LogP contribution in [0.2, 0.25) is 0 Å². The normalized spacial score (nSPS) is 11.6. The number of halogens is 1. The first-order valence-corrected chi connectivity index (χ1v) is 3.50. The van der Waals surface area contributed by atoms with E-state index in [4.69, 9.17) is 11.6 Å². The van der Waals surface area contributed by atoms with E-state index in [2.05, 4.69) is 0 Å². The maximum Gasteiger partial charge on any atom is 0.120 e. The van der Waals surface area contributed by atoms with E-state index in [1.807, 2.05) is 13.0 Å². The van der Waals surface area contributed by atoms with Crippen LogP contribution < -0.4 is 0 Å². The summed E-state index contributed by atoms with van der Waals surface area (Å²) < 4.78 is 0. The molecule has 0 aromatic heterocycles. The Morgan fingerprint density at radius 1 is 1.67 bits per heavy atom. The lowest BCUT2D eigenvalue weighted by molar-refractivity contribution is -0.107. The predicted molar refractivity (Wildman–Crippen MR) is 39.8 cm³/mol. The van der Waals surface area contributed by atoms with Crippen LogP contribution in [0.25, 0.3) is 0 Å². The van der Waals surface area contributed by atoms with Crippen molar-refractivity contribution in [2.45, 2.75) is 19.8 Å². The molecule has 0 fully saturated rings. The lowest BCUT2D eigenvalue weighted by Gasteiger charge is -1.92. The van der Waals surface area contributed by atoms with Crippen LogP contribution in [-0.2, 0) is 4.79 Å². The Kier molecular flexibility index (Phi) is 5.64. The molecule has 2 heteroatoms. The second kappa shape index (κ2) is 5.83. The van der Waals surface area contributed by atoms with Crippen LogP contribution in [-0.4, -0.2) is 12.2 Å². The molecule has 0 aliphatic heterocycles. The Morgan fingerprint density at radius 3 is 2.78 bits per heavy atom. The number of rotatable bonds is 4. The molecule has 0 aliphatic carbocycles. The van der Waals surface area contributed by atoms with Crippen molar-refractivity contribution in [2.24, 2.45) is 0 Å². The molecule has 0 unspecified atom stereocenters. The number of aldehydes is 1. The first-order chi connectivity index (χ1) is 4.31. The number of carbonyl (C=O) groups excluding carboxylic acids is 1. The Hall–Kier alpha value is -0.300. The third-order valence-electron chi connectivity index (χ3n) is 1.08. The second-order valence-corrected chi connectivity index (χ2v) is 2.22. The monoisotopic (exact) mass is 146 g/mol. The van der Waals surface area contributed by atoms with Crippen molar-refractivity contribution in [2.75, 3.05) is 5.88 Å². The fraction of sp³-hybridized carbons (Fsp3) is 0.571. The molecule has 0 amide bonds. The van der Waals surface area contributed by atoms with Gasteiger partial charge in [-0.05, 0) is 13.3 Å². The quantitative estimate of drug-likeness (QED) is 0.338. The van der Waals surface area contributed by atoms with Gasteiger partial charge in [0.25, 0.3) is 0 Å². The predicted octanol–water partition coefficient (Wildman–Crippen LogP) is 2.15. The zero-order chi connectivity index (χ0) is 7.11. The van der Waals surface area contributed by atoms with Crippen molar-refractivity contribution >= 4 is 17.9 Å². The zero-order valence-electron chi connectivity index (χ0n) is 5.56. The van der Waals surface area contributed by atoms with Gasteiger partial charge >= 0.3 is 0 Å². The second-order valence-electron chi connectivity index (χ2n) is 1.91. The summed E-state index contributed by atoms with van der Waals surface area (Å²) in [5, 5.41) is 0. The molecule has 0 heterocycles. The number of allylic oxidation sites excluding steroid dienone is 2. The average Bonchev–Trinajstić information content (AvgIpc) is 1.85. The highest BCUT2D eigenvalue weighted by Crippen LogP contribution is 2.01. The molecule has 0 saturated carbocycles. The van der Waals surface area contributed by atoms with E-state index in [1.54, 1.807) is 0 Å². The molecule has 0 rings (SSSR count). The third kappa shape index (κ3) is 5.57. The summed E-state index contributed by atoms with van der Waals surface area (Å²) >= 11 is 5.41. The molecule has 0 bridgehead atoms. The highest BCUT2D eigenvalue weighted by atomic mass is 35.5. The van der Waals surface area contributed by atoms with E-state index >= 15 is 0 Å². The van der Waals surface area contributed by atoms with E-state index in [-0.39, 0.29) is 0 Å². The van der Waals surface area contributed by atoms with Crippen molar-refractivity contribution in [3.05, 3.63) is 11.6 Å². The minimum atomic E-state index is 0.546. The molecule has 0 N–H and O–H groups in total. The van der Waals surface area contributed by atoms with Gasteiger partial charge in [-0.15, -0.1) is 11.6 Å². The molecule has 0 atom stereocenters. The number of hydrogen-bond donors (Lipinski definition) is 0. The third-order valence-corrected chi connectivity index (χ3v) is 1.24. The Bertz CT molecular complexity index is 107. The molecule has 0 spiro atoms. The highest BCUT2D eigenvalue weighted by molar-refractivity contribution is 6.18. The fourth-order valence-corrected chi connectivity index (χ4v) is 0.784. The van der Waals surface area contributed by atoms with Crippen molar-refractivity contribution in [1.82, 2.24) is 0 Å². The summed E-state index contributed by atoms with van der Waals surface area (Å²) in [4.78, 5) is 9.85. The molecule has 1 nitrogen and oxygen atoms in total. The van der Waals surface area contributed by atoms with Crippen molar-refractivity contribution in [3.8, 4) is 0 Å². The minimum Gasteiger partial charge on any atom is -0.303 e. The van der Waals surface area contributed by atoms with Crippen molar-refractivity contribution < 1.29 is 4.79 Å². The van der Waals surface area contributed by atoms with Crippen LogP contribution in [0.5, 0.6) is 0 Å². The van der Waals surface area contributed by atoms with Crippen LogP contribution >= 0.6 is 11.6 Å². The number of alkyl halides is 1. The van der Waals surface area contributed by atoms with E-state index in [9.17, 15) is 4.79 Å². The molecular formula is C7H11ClO. The van der Waals surface area contributed by atoms with E-state index < -0.39 is 0 Å².